The third kappa shape index (κ3) is 5.20. The highest BCUT2D eigenvalue weighted by Gasteiger charge is 2.11. The third-order valence-electron chi connectivity index (χ3n) is 3.32. The van der Waals surface area contributed by atoms with Crippen molar-refractivity contribution >= 4 is 29.3 Å². The van der Waals surface area contributed by atoms with Gasteiger partial charge in [0.2, 0.25) is 5.91 Å². The summed E-state index contributed by atoms with van der Waals surface area (Å²) >= 11 is 6.21. The maximum Gasteiger partial charge on any atom is 0.248 e. The molecule has 0 radical (unpaired) electrons. The van der Waals surface area contributed by atoms with Crippen LogP contribution in [0, 0.1) is 11.6 Å². The second-order valence-electron chi connectivity index (χ2n) is 5.33. The number of hydrogen-bond acceptors (Lipinski definition) is 3. The number of nitrogens with one attached hydrogen (secondary N) is 1. The molecular formula is C19H18ClF2NO3. The lowest BCUT2D eigenvalue weighted by Gasteiger charge is -2.12. The summed E-state index contributed by atoms with van der Waals surface area (Å²) in [5, 5.41) is 2.68. The van der Waals surface area contributed by atoms with Crippen molar-refractivity contribution in [3.05, 3.63) is 58.6 Å². The Labute approximate surface area is 155 Å². The summed E-state index contributed by atoms with van der Waals surface area (Å²) in [6, 6.07) is 6.19. The van der Waals surface area contributed by atoms with Crippen LogP contribution in [0.15, 0.2) is 36.4 Å². The number of halogens is 3. The highest BCUT2D eigenvalue weighted by Crippen LogP contribution is 2.36. The second kappa shape index (κ2) is 9.20. The Morgan fingerprint density at radius 1 is 1.27 bits per heavy atom. The molecule has 0 aliphatic carbocycles. The molecular weight excluding hydrogens is 364 g/mol. The first-order valence-corrected chi connectivity index (χ1v) is 8.26. The summed E-state index contributed by atoms with van der Waals surface area (Å²) in [5.41, 5.74) is 0.491. The highest BCUT2D eigenvalue weighted by molar-refractivity contribution is 6.32. The van der Waals surface area contributed by atoms with Crippen molar-refractivity contribution in [3.8, 4) is 11.5 Å². The molecule has 0 bridgehead atoms. The summed E-state index contributed by atoms with van der Waals surface area (Å²) in [5.74, 6) is -1.27. The first-order valence-electron chi connectivity index (χ1n) is 7.89. The number of amides is 1. The Hall–Kier alpha value is -2.60. The van der Waals surface area contributed by atoms with Crippen LogP contribution in [0.5, 0.6) is 11.5 Å². The summed E-state index contributed by atoms with van der Waals surface area (Å²) in [6.07, 6.45) is 3.52. The van der Waals surface area contributed by atoms with Crippen LogP contribution in [-0.2, 0) is 4.79 Å². The molecule has 7 heteroatoms. The Balaban J connectivity index is 2.13. The van der Waals surface area contributed by atoms with Crippen LogP contribution in [0.1, 0.15) is 18.9 Å². The van der Waals surface area contributed by atoms with E-state index in [0.717, 1.165) is 18.6 Å². The van der Waals surface area contributed by atoms with Gasteiger partial charge in [-0.1, -0.05) is 18.5 Å². The molecule has 1 amide bonds. The predicted octanol–water partition coefficient (Wildman–Crippen LogP) is 5.07. The minimum absolute atomic E-state index is 0.111. The SMILES string of the molecule is CCCOc1c(Cl)cc(/C=C/C(=O)Nc2ccc(F)cc2F)cc1OC. The van der Waals surface area contributed by atoms with Crippen molar-refractivity contribution in [1.29, 1.82) is 0 Å². The van der Waals surface area contributed by atoms with Crippen LogP contribution >= 0.6 is 11.6 Å². The van der Waals surface area contributed by atoms with Crippen molar-refractivity contribution in [2.75, 3.05) is 19.0 Å². The van der Waals surface area contributed by atoms with Gasteiger partial charge in [-0.3, -0.25) is 4.79 Å². The van der Waals surface area contributed by atoms with E-state index in [1.807, 2.05) is 6.92 Å². The van der Waals surface area contributed by atoms with Crippen molar-refractivity contribution in [2.45, 2.75) is 13.3 Å². The minimum atomic E-state index is -0.853. The Morgan fingerprint density at radius 3 is 2.69 bits per heavy atom. The zero-order valence-electron chi connectivity index (χ0n) is 14.3. The van der Waals surface area contributed by atoms with E-state index in [1.54, 1.807) is 12.1 Å². The Bertz CT molecular complexity index is 825. The number of hydrogen-bond donors (Lipinski definition) is 1. The van der Waals surface area contributed by atoms with E-state index in [1.165, 1.54) is 19.3 Å². The number of anilines is 1. The lowest BCUT2D eigenvalue weighted by Crippen LogP contribution is -2.09. The highest BCUT2D eigenvalue weighted by atomic mass is 35.5. The molecule has 0 heterocycles. The number of benzene rings is 2. The molecule has 0 atom stereocenters. The fourth-order valence-corrected chi connectivity index (χ4v) is 2.39. The van der Waals surface area contributed by atoms with E-state index in [9.17, 15) is 13.6 Å². The van der Waals surface area contributed by atoms with Gasteiger partial charge >= 0.3 is 0 Å². The molecule has 2 rings (SSSR count). The van der Waals surface area contributed by atoms with E-state index in [-0.39, 0.29) is 5.69 Å². The van der Waals surface area contributed by atoms with Gasteiger partial charge in [-0.2, -0.15) is 0 Å². The molecule has 4 nitrogen and oxygen atoms in total. The zero-order valence-corrected chi connectivity index (χ0v) is 15.1. The average molecular weight is 382 g/mol. The van der Waals surface area contributed by atoms with Crippen molar-refractivity contribution in [2.24, 2.45) is 0 Å². The first-order chi connectivity index (χ1) is 12.4. The molecule has 138 valence electrons. The summed E-state index contributed by atoms with van der Waals surface area (Å²) < 4.78 is 37.2. The molecule has 0 unspecified atom stereocenters. The number of rotatable bonds is 7. The van der Waals surface area contributed by atoms with Crippen LogP contribution in [0.2, 0.25) is 5.02 Å². The van der Waals surface area contributed by atoms with Gasteiger partial charge in [-0.05, 0) is 42.3 Å². The summed E-state index contributed by atoms with van der Waals surface area (Å²) in [6.45, 7) is 2.47. The molecule has 0 saturated carbocycles. The fourth-order valence-electron chi connectivity index (χ4n) is 2.12. The van der Waals surface area contributed by atoms with Crippen LogP contribution in [0.25, 0.3) is 6.08 Å². The topological polar surface area (TPSA) is 47.6 Å². The van der Waals surface area contributed by atoms with Crippen molar-refractivity contribution in [1.82, 2.24) is 0 Å². The number of ether oxygens (including phenoxy) is 2. The van der Waals surface area contributed by atoms with Gasteiger partial charge in [0.1, 0.15) is 11.6 Å². The Kier molecular flexibility index (Phi) is 6.97. The maximum absolute atomic E-state index is 13.5. The number of carbonyl (C=O) groups is 1. The van der Waals surface area contributed by atoms with Crippen LogP contribution < -0.4 is 14.8 Å². The molecule has 0 aliphatic heterocycles. The molecule has 0 aromatic heterocycles. The second-order valence-corrected chi connectivity index (χ2v) is 5.74. The number of methoxy groups -OCH3 is 1. The van der Waals surface area contributed by atoms with Crippen LogP contribution in [0.4, 0.5) is 14.5 Å². The number of carbonyl (C=O) groups excluding carboxylic acids is 1. The van der Waals surface area contributed by atoms with Gasteiger partial charge < -0.3 is 14.8 Å². The maximum atomic E-state index is 13.5. The lowest BCUT2D eigenvalue weighted by molar-refractivity contribution is -0.111. The van der Waals surface area contributed by atoms with E-state index < -0.39 is 17.5 Å². The zero-order chi connectivity index (χ0) is 19.1. The van der Waals surface area contributed by atoms with E-state index in [2.05, 4.69) is 5.32 Å². The fraction of sp³-hybridized carbons (Fsp3) is 0.211. The van der Waals surface area contributed by atoms with E-state index >= 15 is 0 Å². The molecule has 26 heavy (non-hydrogen) atoms. The van der Waals surface area contributed by atoms with Gasteiger partial charge in [0, 0.05) is 12.1 Å². The monoisotopic (exact) mass is 381 g/mol. The molecule has 2 aromatic rings. The normalized spacial score (nSPS) is 10.8. The standard InChI is InChI=1S/C19H18ClF2NO3/c1-3-8-26-19-14(20)9-12(10-17(19)25-2)4-7-18(24)23-16-6-5-13(21)11-15(16)22/h4-7,9-11H,3,8H2,1-2H3,(H,23,24)/b7-4+. The van der Waals surface area contributed by atoms with Gasteiger partial charge in [0.15, 0.2) is 11.5 Å². The van der Waals surface area contributed by atoms with Crippen LogP contribution in [-0.4, -0.2) is 19.6 Å². The summed E-state index contributed by atoms with van der Waals surface area (Å²) in [7, 11) is 1.49. The quantitative estimate of drug-likeness (QED) is 0.681. The predicted molar refractivity (Wildman–Crippen MR) is 97.8 cm³/mol. The molecule has 2 aromatic carbocycles. The van der Waals surface area contributed by atoms with E-state index in [0.29, 0.717) is 34.8 Å². The van der Waals surface area contributed by atoms with Gasteiger partial charge in [-0.15, -0.1) is 0 Å². The van der Waals surface area contributed by atoms with Crippen molar-refractivity contribution < 1.29 is 23.0 Å². The average Bonchev–Trinajstić information content (AvgIpc) is 2.61. The molecule has 0 spiro atoms. The smallest absolute Gasteiger partial charge is 0.248 e. The summed E-state index contributed by atoms with van der Waals surface area (Å²) in [4.78, 5) is 11.9. The van der Waals surface area contributed by atoms with E-state index in [4.69, 9.17) is 21.1 Å². The largest absolute Gasteiger partial charge is 0.493 e. The first kappa shape index (κ1) is 19.7. The molecule has 0 aliphatic rings. The van der Waals surface area contributed by atoms with Crippen molar-refractivity contribution in [3.63, 3.8) is 0 Å². The lowest BCUT2D eigenvalue weighted by atomic mass is 10.2. The van der Waals surface area contributed by atoms with Gasteiger partial charge in [-0.25, -0.2) is 8.78 Å². The van der Waals surface area contributed by atoms with Gasteiger partial charge in [0.25, 0.3) is 0 Å². The minimum Gasteiger partial charge on any atom is -0.493 e. The third-order valence-corrected chi connectivity index (χ3v) is 3.60. The molecule has 0 saturated heterocycles. The van der Waals surface area contributed by atoms with Gasteiger partial charge in [0.05, 0.1) is 24.4 Å². The Morgan fingerprint density at radius 2 is 2.04 bits per heavy atom. The van der Waals surface area contributed by atoms with Crippen LogP contribution in [0.3, 0.4) is 0 Å². The molecule has 1 N–H and O–H groups in total. The molecule has 0 fully saturated rings.